The lowest BCUT2D eigenvalue weighted by Crippen LogP contribution is -2.24. The molecular formula is C20H25ClN2O3S. The second-order valence-electron chi connectivity index (χ2n) is 6.50. The SMILES string of the molecule is O=CC(CCCCNS(=O)(=O)c1ccc(Cl)cc1)CCCc1cccnc1. The highest BCUT2D eigenvalue weighted by atomic mass is 35.5. The van der Waals surface area contributed by atoms with Crippen LogP contribution in [0.2, 0.25) is 5.02 Å². The van der Waals surface area contributed by atoms with E-state index in [0.29, 0.717) is 18.0 Å². The molecule has 1 aromatic heterocycles. The number of unbranched alkanes of at least 4 members (excludes halogenated alkanes) is 1. The van der Waals surface area contributed by atoms with Gasteiger partial charge in [0.25, 0.3) is 0 Å². The van der Waals surface area contributed by atoms with Gasteiger partial charge in [0.05, 0.1) is 4.90 Å². The van der Waals surface area contributed by atoms with Crippen LogP contribution in [0.4, 0.5) is 0 Å². The Morgan fingerprint density at radius 2 is 1.81 bits per heavy atom. The van der Waals surface area contributed by atoms with E-state index < -0.39 is 10.0 Å². The largest absolute Gasteiger partial charge is 0.303 e. The third-order valence-electron chi connectivity index (χ3n) is 4.37. The molecule has 1 aromatic carbocycles. The first-order valence-corrected chi connectivity index (χ1v) is 11.0. The van der Waals surface area contributed by atoms with Crippen molar-refractivity contribution in [3.8, 4) is 0 Å². The van der Waals surface area contributed by atoms with Crippen LogP contribution in [0.3, 0.4) is 0 Å². The highest BCUT2D eigenvalue weighted by Gasteiger charge is 2.13. The molecule has 27 heavy (non-hydrogen) atoms. The van der Waals surface area contributed by atoms with Crippen LogP contribution < -0.4 is 4.72 Å². The molecule has 0 aliphatic carbocycles. The number of aryl methyl sites for hydroxylation is 1. The third-order valence-corrected chi connectivity index (χ3v) is 6.10. The molecule has 0 radical (unpaired) electrons. The number of carbonyl (C=O) groups excluding carboxylic acids is 1. The topological polar surface area (TPSA) is 76.1 Å². The average Bonchev–Trinajstić information content (AvgIpc) is 2.67. The molecule has 0 amide bonds. The zero-order valence-corrected chi connectivity index (χ0v) is 16.8. The van der Waals surface area contributed by atoms with E-state index in [1.807, 2.05) is 18.3 Å². The Bertz CT molecular complexity index is 796. The van der Waals surface area contributed by atoms with Gasteiger partial charge in [-0.15, -0.1) is 0 Å². The van der Waals surface area contributed by atoms with Gasteiger partial charge in [0.2, 0.25) is 10.0 Å². The normalized spacial score (nSPS) is 12.6. The van der Waals surface area contributed by atoms with E-state index >= 15 is 0 Å². The number of aromatic nitrogens is 1. The molecule has 5 nitrogen and oxygen atoms in total. The number of benzene rings is 1. The van der Waals surface area contributed by atoms with Gasteiger partial charge in [0.1, 0.15) is 6.29 Å². The van der Waals surface area contributed by atoms with Gasteiger partial charge in [-0.05, 0) is 68.0 Å². The Labute approximate surface area is 166 Å². The van der Waals surface area contributed by atoms with Crippen molar-refractivity contribution < 1.29 is 13.2 Å². The van der Waals surface area contributed by atoms with Crippen LogP contribution in [0, 0.1) is 5.92 Å². The van der Waals surface area contributed by atoms with Gasteiger partial charge >= 0.3 is 0 Å². The number of halogens is 1. The van der Waals surface area contributed by atoms with Crippen molar-refractivity contribution in [1.82, 2.24) is 9.71 Å². The minimum Gasteiger partial charge on any atom is -0.303 e. The van der Waals surface area contributed by atoms with E-state index in [0.717, 1.165) is 38.4 Å². The van der Waals surface area contributed by atoms with E-state index in [4.69, 9.17) is 11.6 Å². The van der Waals surface area contributed by atoms with Crippen LogP contribution in [-0.4, -0.2) is 26.2 Å². The summed E-state index contributed by atoms with van der Waals surface area (Å²) in [7, 11) is -3.51. The van der Waals surface area contributed by atoms with Crippen LogP contribution in [0.25, 0.3) is 0 Å². The van der Waals surface area contributed by atoms with Gasteiger partial charge in [0, 0.05) is 29.9 Å². The number of hydrogen-bond donors (Lipinski definition) is 1. The molecule has 0 saturated carbocycles. The van der Waals surface area contributed by atoms with E-state index in [9.17, 15) is 13.2 Å². The molecule has 7 heteroatoms. The van der Waals surface area contributed by atoms with Gasteiger partial charge in [-0.3, -0.25) is 4.98 Å². The number of rotatable bonds is 12. The summed E-state index contributed by atoms with van der Waals surface area (Å²) in [5, 5.41) is 0.498. The fourth-order valence-corrected chi connectivity index (χ4v) is 4.03. The maximum absolute atomic E-state index is 12.2. The third kappa shape index (κ3) is 7.79. The van der Waals surface area contributed by atoms with Gasteiger partial charge in [-0.2, -0.15) is 0 Å². The first-order chi connectivity index (χ1) is 13.0. The molecule has 146 valence electrons. The number of nitrogens with one attached hydrogen (secondary N) is 1. The van der Waals surface area contributed by atoms with Crippen molar-refractivity contribution in [1.29, 1.82) is 0 Å². The summed E-state index contributed by atoms with van der Waals surface area (Å²) in [6.07, 6.45) is 9.59. The monoisotopic (exact) mass is 408 g/mol. The molecule has 0 aliphatic heterocycles. The highest BCUT2D eigenvalue weighted by Crippen LogP contribution is 2.16. The van der Waals surface area contributed by atoms with Crippen molar-refractivity contribution in [2.24, 2.45) is 5.92 Å². The lowest BCUT2D eigenvalue weighted by Gasteiger charge is -2.11. The van der Waals surface area contributed by atoms with Crippen molar-refractivity contribution in [3.05, 3.63) is 59.4 Å². The van der Waals surface area contributed by atoms with E-state index in [2.05, 4.69) is 9.71 Å². The molecule has 2 rings (SSSR count). The van der Waals surface area contributed by atoms with Crippen LogP contribution >= 0.6 is 11.6 Å². The zero-order chi connectivity index (χ0) is 19.5. The molecule has 0 fully saturated rings. The zero-order valence-electron chi connectivity index (χ0n) is 15.2. The summed E-state index contributed by atoms with van der Waals surface area (Å²) < 4.78 is 26.9. The number of carbonyl (C=O) groups is 1. The number of pyridine rings is 1. The van der Waals surface area contributed by atoms with Gasteiger partial charge in [0.15, 0.2) is 0 Å². The summed E-state index contributed by atoms with van der Waals surface area (Å²) in [4.78, 5) is 15.5. The molecule has 0 spiro atoms. The maximum atomic E-state index is 12.2. The molecule has 0 bridgehead atoms. The second kappa shape index (κ2) is 11.2. The van der Waals surface area contributed by atoms with Crippen molar-refractivity contribution >= 4 is 27.9 Å². The Kier molecular flexibility index (Phi) is 8.91. The van der Waals surface area contributed by atoms with Crippen LogP contribution in [0.1, 0.15) is 37.7 Å². The average molecular weight is 409 g/mol. The molecule has 0 saturated heterocycles. The number of aldehydes is 1. The fourth-order valence-electron chi connectivity index (χ4n) is 2.83. The Morgan fingerprint density at radius 3 is 2.48 bits per heavy atom. The minimum absolute atomic E-state index is 0.0227. The quantitative estimate of drug-likeness (QED) is 0.425. The van der Waals surface area contributed by atoms with E-state index in [-0.39, 0.29) is 10.8 Å². The second-order valence-corrected chi connectivity index (χ2v) is 8.70. The summed E-state index contributed by atoms with van der Waals surface area (Å²) >= 11 is 5.77. The van der Waals surface area contributed by atoms with Gasteiger partial charge in [-0.1, -0.05) is 24.1 Å². The van der Waals surface area contributed by atoms with Crippen molar-refractivity contribution in [3.63, 3.8) is 0 Å². The molecule has 1 unspecified atom stereocenters. The summed E-state index contributed by atoms with van der Waals surface area (Å²) in [5.74, 6) is 0.0227. The van der Waals surface area contributed by atoms with Crippen LogP contribution in [0.5, 0.6) is 0 Å². The van der Waals surface area contributed by atoms with Crippen LogP contribution in [0.15, 0.2) is 53.7 Å². The van der Waals surface area contributed by atoms with E-state index in [1.54, 1.807) is 18.3 Å². The molecule has 1 heterocycles. The van der Waals surface area contributed by atoms with Crippen molar-refractivity contribution in [2.75, 3.05) is 6.54 Å². The summed E-state index contributed by atoms with van der Waals surface area (Å²) in [6, 6.07) is 10.0. The summed E-state index contributed by atoms with van der Waals surface area (Å²) in [6.45, 7) is 0.353. The smallest absolute Gasteiger partial charge is 0.240 e. The fraction of sp³-hybridized carbons (Fsp3) is 0.400. The number of sulfonamides is 1. The lowest BCUT2D eigenvalue weighted by molar-refractivity contribution is -0.111. The highest BCUT2D eigenvalue weighted by molar-refractivity contribution is 7.89. The molecule has 0 aliphatic rings. The molecule has 2 aromatic rings. The first-order valence-electron chi connectivity index (χ1n) is 9.10. The Hall–Kier alpha value is -1.76. The number of hydrogen-bond acceptors (Lipinski definition) is 4. The minimum atomic E-state index is -3.51. The van der Waals surface area contributed by atoms with Gasteiger partial charge < -0.3 is 4.79 Å². The first kappa shape index (κ1) is 21.5. The standard InChI is InChI=1S/C20H25ClN2O3S/c21-19-9-11-20(12-10-19)27(25,26)23-14-2-1-5-18(16-24)7-3-6-17-8-4-13-22-15-17/h4,8-13,15-16,18,23H,1-3,5-7,14H2. The predicted octanol–water partition coefficient (Wildman–Crippen LogP) is 4.02. The van der Waals surface area contributed by atoms with Crippen molar-refractivity contribution in [2.45, 2.75) is 43.4 Å². The number of nitrogens with zero attached hydrogens (tertiary/aromatic N) is 1. The predicted molar refractivity (Wildman–Crippen MR) is 107 cm³/mol. The van der Waals surface area contributed by atoms with E-state index in [1.165, 1.54) is 17.7 Å². The Morgan fingerprint density at radius 1 is 1.07 bits per heavy atom. The molecular weight excluding hydrogens is 384 g/mol. The lowest BCUT2D eigenvalue weighted by atomic mass is 9.96. The molecule has 1 atom stereocenters. The summed E-state index contributed by atoms with van der Waals surface area (Å²) in [5.41, 5.74) is 1.18. The maximum Gasteiger partial charge on any atom is 0.240 e. The molecule has 1 N–H and O–H groups in total. The van der Waals surface area contributed by atoms with Crippen LogP contribution in [-0.2, 0) is 21.2 Å². The van der Waals surface area contributed by atoms with Gasteiger partial charge in [-0.25, -0.2) is 13.1 Å². The Balaban J connectivity index is 1.64.